The Bertz CT molecular complexity index is 1390. The molecule has 0 radical (unpaired) electrons. The number of anilines is 3. The third-order valence-corrected chi connectivity index (χ3v) is 7.09. The molecule has 4 aromatic rings. The van der Waals surface area contributed by atoms with E-state index in [0.29, 0.717) is 12.1 Å². The number of amides is 1. The summed E-state index contributed by atoms with van der Waals surface area (Å²) in [5.74, 6) is -0.393. The van der Waals surface area contributed by atoms with Crippen LogP contribution in [0.15, 0.2) is 72.8 Å². The zero-order valence-corrected chi connectivity index (χ0v) is 22.2. The molecule has 0 atom stereocenters. The molecule has 0 aliphatic carbocycles. The lowest BCUT2D eigenvalue weighted by molar-refractivity contribution is -0.117. The summed E-state index contributed by atoms with van der Waals surface area (Å²) in [6, 6.07) is 22.8. The van der Waals surface area contributed by atoms with Crippen molar-refractivity contribution in [3.8, 4) is 0 Å². The molecule has 8 heteroatoms. The van der Waals surface area contributed by atoms with Crippen molar-refractivity contribution < 1.29 is 13.2 Å². The number of unbranched alkanes of at least 4 members (excludes halogenated alkanes) is 4. The molecule has 0 bridgehead atoms. The number of hydrogen-bond donors (Lipinski definition) is 1. The normalized spacial score (nSPS) is 11.3. The number of sulfonamides is 1. The van der Waals surface area contributed by atoms with Crippen molar-refractivity contribution in [1.82, 2.24) is 4.98 Å². The number of aromatic nitrogens is 1. The SMILES string of the molecule is CCCCCCCC(=O)N(c1ccc(Nc2c3ccccc3nc3ccccc23)cc1)S(C)(=O)=O.Cl. The second-order valence-corrected chi connectivity index (χ2v) is 10.6. The number of rotatable bonds is 10. The van der Waals surface area contributed by atoms with Gasteiger partial charge in [-0.3, -0.25) is 4.79 Å². The quantitative estimate of drug-likeness (QED) is 0.175. The lowest BCUT2D eigenvalue weighted by Crippen LogP contribution is -2.36. The number of para-hydroxylation sites is 2. The summed E-state index contributed by atoms with van der Waals surface area (Å²) in [4.78, 5) is 17.6. The number of carbonyl (C=O) groups excluding carboxylic acids is 1. The van der Waals surface area contributed by atoms with Crippen LogP contribution >= 0.6 is 12.4 Å². The van der Waals surface area contributed by atoms with Crippen LogP contribution in [0.1, 0.15) is 45.4 Å². The molecule has 1 aromatic heterocycles. The molecule has 0 saturated carbocycles. The fraction of sp³-hybridized carbons (Fsp3) is 0.286. The number of nitrogens with zero attached hydrogens (tertiary/aromatic N) is 2. The third-order valence-electron chi connectivity index (χ3n) is 6.01. The first kappa shape index (κ1) is 27.4. The maximum atomic E-state index is 12.8. The predicted octanol–water partition coefficient (Wildman–Crippen LogP) is 7.21. The topological polar surface area (TPSA) is 79.4 Å². The standard InChI is InChI=1S/C28H31N3O3S.ClH/c1-3-4-5-6-7-16-27(32)31(35(2,33)34)22-19-17-21(18-20-22)29-28-23-12-8-10-14-25(23)30-26-15-11-9-13-24(26)28;/h8-15,17-20H,3-7,16H2,1-2H3,(H,29,30);1H. The Labute approximate surface area is 219 Å². The highest BCUT2D eigenvalue weighted by Gasteiger charge is 2.24. The van der Waals surface area contributed by atoms with Crippen LogP contribution in [0.4, 0.5) is 17.1 Å². The first-order chi connectivity index (χ1) is 16.9. The average molecular weight is 526 g/mol. The molecule has 0 fully saturated rings. The van der Waals surface area contributed by atoms with Crippen LogP contribution in [0.25, 0.3) is 21.8 Å². The van der Waals surface area contributed by atoms with Gasteiger partial charge in [-0.1, -0.05) is 69.0 Å². The maximum Gasteiger partial charge on any atom is 0.240 e. The lowest BCUT2D eigenvalue weighted by atomic mass is 10.1. The molecule has 0 unspecified atom stereocenters. The van der Waals surface area contributed by atoms with E-state index in [2.05, 4.69) is 12.2 Å². The first-order valence-electron chi connectivity index (χ1n) is 12.1. The maximum absolute atomic E-state index is 12.8. The highest BCUT2D eigenvalue weighted by molar-refractivity contribution is 7.92. The second kappa shape index (κ2) is 12.2. The van der Waals surface area contributed by atoms with Crippen LogP contribution < -0.4 is 9.62 Å². The Balaban J connectivity index is 0.00000361. The summed E-state index contributed by atoms with van der Waals surface area (Å²) < 4.78 is 25.8. The van der Waals surface area contributed by atoms with E-state index in [1.54, 1.807) is 24.3 Å². The van der Waals surface area contributed by atoms with Gasteiger partial charge in [-0.25, -0.2) is 17.7 Å². The predicted molar refractivity (Wildman–Crippen MR) is 152 cm³/mol. The Morgan fingerprint density at radius 1 is 0.833 bits per heavy atom. The fourth-order valence-electron chi connectivity index (χ4n) is 4.30. The lowest BCUT2D eigenvalue weighted by Gasteiger charge is -2.21. The molecule has 6 nitrogen and oxygen atoms in total. The van der Waals surface area contributed by atoms with Crippen molar-refractivity contribution in [2.24, 2.45) is 0 Å². The van der Waals surface area contributed by atoms with E-state index in [4.69, 9.17) is 4.98 Å². The number of carbonyl (C=O) groups is 1. The van der Waals surface area contributed by atoms with Gasteiger partial charge in [-0.15, -0.1) is 12.4 Å². The van der Waals surface area contributed by atoms with Crippen LogP contribution in [-0.4, -0.2) is 25.6 Å². The van der Waals surface area contributed by atoms with E-state index >= 15 is 0 Å². The number of hydrogen-bond acceptors (Lipinski definition) is 5. The minimum atomic E-state index is -3.74. The van der Waals surface area contributed by atoms with Crippen molar-refractivity contribution >= 4 is 67.2 Å². The van der Waals surface area contributed by atoms with Crippen molar-refractivity contribution in [3.63, 3.8) is 0 Å². The zero-order chi connectivity index (χ0) is 24.8. The van der Waals surface area contributed by atoms with Gasteiger partial charge in [-0.05, 0) is 42.8 Å². The summed E-state index contributed by atoms with van der Waals surface area (Å²) in [6.07, 6.45) is 6.20. The van der Waals surface area contributed by atoms with Gasteiger partial charge < -0.3 is 5.32 Å². The van der Waals surface area contributed by atoms with Crippen LogP contribution in [0, 0.1) is 0 Å². The van der Waals surface area contributed by atoms with Gasteiger partial charge in [0.15, 0.2) is 0 Å². The van der Waals surface area contributed by atoms with Gasteiger partial charge in [-0.2, -0.15) is 0 Å². The molecule has 0 aliphatic rings. The molecule has 0 saturated heterocycles. The Morgan fingerprint density at radius 2 is 1.39 bits per heavy atom. The number of halogens is 1. The van der Waals surface area contributed by atoms with Gasteiger partial charge in [0.2, 0.25) is 15.9 Å². The molecule has 0 spiro atoms. The number of pyridine rings is 1. The van der Waals surface area contributed by atoms with Gasteiger partial charge in [0.1, 0.15) is 0 Å². The van der Waals surface area contributed by atoms with E-state index < -0.39 is 15.9 Å². The molecular weight excluding hydrogens is 494 g/mol. The molecule has 36 heavy (non-hydrogen) atoms. The zero-order valence-electron chi connectivity index (χ0n) is 20.6. The Kier molecular flexibility index (Phi) is 9.29. The minimum absolute atomic E-state index is 0. The van der Waals surface area contributed by atoms with Gasteiger partial charge >= 0.3 is 0 Å². The smallest absolute Gasteiger partial charge is 0.240 e. The molecular formula is C28H32ClN3O3S. The van der Waals surface area contributed by atoms with Gasteiger partial charge in [0.05, 0.1) is 28.7 Å². The van der Waals surface area contributed by atoms with Crippen LogP contribution in [0.3, 0.4) is 0 Å². The largest absolute Gasteiger partial charge is 0.354 e. The van der Waals surface area contributed by atoms with E-state index in [1.807, 2.05) is 48.5 Å². The van der Waals surface area contributed by atoms with Crippen molar-refractivity contribution in [2.75, 3.05) is 15.9 Å². The van der Waals surface area contributed by atoms with Crippen molar-refractivity contribution in [1.29, 1.82) is 0 Å². The summed E-state index contributed by atoms with van der Waals surface area (Å²) in [5, 5.41) is 5.47. The fourth-order valence-corrected chi connectivity index (χ4v) is 5.27. The van der Waals surface area contributed by atoms with Crippen LogP contribution in [-0.2, 0) is 14.8 Å². The van der Waals surface area contributed by atoms with Crippen molar-refractivity contribution in [3.05, 3.63) is 72.8 Å². The first-order valence-corrected chi connectivity index (χ1v) is 13.9. The highest BCUT2D eigenvalue weighted by atomic mass is 35.5. The van der Waals surface area contributed by atoms with Crippen molar-refractivity contribution in [2.45, 2.75) is 45.4 Å². The van der Waals surface area contributed by atoms with Gasteiger partial charge in [0, 0.05) is 22.9 Å². The average Bonchev–Trinajstić information content (AvgIpc) is 2.84. The summed E-state index contributed by atoms with van der Waals surface area (Å²) in [6.45, 7) is 2.13. The van der Waals surface area contributed by atoms with Gasteiger partial charge in [0.25, 0.3) is 0 Å². The number of fused-ring (bicyclic) bond motifs is 2. The molecule has 4 rings (SSSR count). The van der Waals surface area contributed by atoms with E-state index in [-0.39, 0.29) is 18.8 Å². The number of benzene rings is 3. The molecule has 1 N–H and O–H groups in total. The summed E-state index contributed by atoms with van der Waals surface area (Å²) in [5.41, 5.74) is 3.84. The molecule has 190 valence electrons. The Hall–Kier alpha value is -3.16. The van der Waals surface area contributed by atoms with E-state index in [0.717, 1.165) is 69.4 Å². The second-order valence-electron chi connectivity index (χ2n) is 8.78. The number of nitrogens with one attached hydrogen (secondary N) is 1. The summed E-state index contributed by atoms with van der Waals surface area (Å²) >= 11 is 0. The van der Waals surface area contributed by atoms with Crippen LogP contribution in [0.5, 0.6) is 0 Å². The molecule has 1 heterocycles. The van der Waals surface area contributed by atoms with E-state index in [1.165, 1.54) is 0 Å². The van der Waals surface area contributed by atoms with E-state index in [9.17, 15) is 13.2 Å². The summed E-state index contributed by atoms with van der Waals surface area (Å²) in [7, 11) is -3.74. The monoisotopic (exact) mass is 525 g/mol. The highest BCUT2D eigenvalue weighted by Crippen LogP contribution is 2.33. The molecule has 3 aromatic carbocycles. The van der Waals surface area contributed by atoms with Crippen LogP contribution in [0.2, 0.25) is 0 Å². The third kappa shape index (κ3) is 6.33. The minimum Gasteiger partial charge on any atom is -0.354 e. The molecule has 1 amide bonds. The molecule has 0 aliphatic heterocycles. The Morgan fingerprint density at radius 3 is 1.94 bits per heavy atom.